The van der Waals surface area contributed by atoms with E-state index in [1.54, 1.807) is 12.1 Å². The van der Waals surface area contributed by atoms with Crippen LogP contribution in [0.5, 0.6) is 11.5 Å². The van der Waals surface area contributed by atoms with Gasteiger partial charge in [-0.25, -0.2) is 0 Å². The molecule has 0 saturated carbocycles. The van der Waals surface area contributed by atoms with Gasteiger partial charge in [-0.1, -0.05) is 28.1 Å². The molecular formula is C20H22BrNO5. The zero-order valence-corrected chi connectivity index (χ0v) is 17.3. The van der Waals surface area contributed by atoms with Crippen molar-refractivity contribution in [3.05, 3.63) is 57.6 Å². The number of amides is 1. The predicted octanol–water partition coefficient (Wildman–Crippen LogP) is 3.81. The van der Waals surface area contributed by atoms with E-state index in [4.69, 9.17) is 14.2 Å². The van der Waals surface area contributed by atoms with Gasteiger partial charge in [0.25, 0.3) is 5.91 Å². The molecule has 27 heavy (non-hydrogen) atoms. The number of hydrogen-bond donors (Lipinski definition) is 1. The molecule has 1 unspecified atom stereocenters. The molecule has 0 spiro atoms. The normalized spacial score (nSPS) is 11.4. The summed E-state index contributed by atoms with van der Waals surface area (Å²) in [5.41, 5.74) is 1.96. The van der Waals surface area contributed by atoms with Crippen molar-refractivity contribution in [1.29, 1.82) is 0 Å². The summed E-state index contributed by atoms with van der Waals surface area (Å²) in [6.07, 6.45) is 0.0127. The number of ether oxygens (including phenoxy) is 3. The second-order valence-corrected chi connectivity index (χ2v) is 6.78. The van der Waals surface area contributed by atoms with Crippen LogP contribution in [0.15, 0.2) is 40.9 Å². The van der Waals surface area contributed by atoms with Gasteiger partial charge in [0.1, 0.15) is 11.5 Å². The summed E-state index contributed by atoms with van der Waals surface area (Å²) in [4.78, 5) is 24.7. The van der Waals surface area contributed by atoms with Gasteiger partial charge in [-0.15, -0.1) is 0 Å². The van der Waals surface area contributed by atoms with Crippen LogP contribution in [0.4, 0.5) is 0 Å². The third-order valence-electron chi connectivity index (χ3n) is 4.17. The first-order valence-corrected chi connectivity index (χ1v) is 9.04. The van der Waals surface area contributed by atoms with E-state index in [1.165, 1.54) is 21.3 Å². The minimum Gasteiger partial charge on any atom is -0.496 e. The molecule has 2 aromatic carbocycles. The van der Waals surface area contributed by atoms with Crippen LogP contribution in [-0.2, 0) is 9.53 Å². The number of hydrogen-bond acceptors (Lipinski definition) is 5. The summed E-state index contributed by atoms with van der Waals surface area (Å²) in [5, 5.41) is 2.89. The Hall–Kier alpha value is -2.54. The maximum absolute atomic E-state index is 12.8. The fourth-order valence-electron chi connectivity index (χ4n) is 2.68. The third kappa shape index (κ3) is 5.23. The van der Waals surface area contributed by atoms with Crippen LogP contribution in [-0.4, -0.2) is 33.2 Å². The van der Waals surface area contributed by atoms with Crippen molar-refractivity contribution < 1.29 is 23.8 Å². The Kier molecular flexibility index (Phi) is 7.24. The molecule has 144 valence electrons. The molecule has 0 bridgehead atoms. The Morgan fingerprint density at radius 1 is 1.07 bits per heavy atom. The third-order valence-corrected chi connectivity index (χ3v) is 4.66. The maximum Gasteiger partial charge on any atom is 0.307 e. The zero-order chi connectivity index (χ0) is 20.0. The Labute approximate surface area is 166 Å². The van der Waals surface area contributed by atoms with E-state index in [1.807, 2.05) is 31.2 Å². The summed E-state index contributed by atoms with van der Waals surface area (Å²) in [6.45, 7) is 1.85. The lowest BCUT2D eigenvalue weighted by atomic mass is 10.0. The number of esters is 1. The number of methoxy groups -OCH3 is 3. The SMILES string of the molecule is COC(=O)CC(NC(=O)c1cc(OC)c(C)c(OC)c1)c1cccc(Br)c1. The van der Waals surface area contributed by atoms with Crippen LogP contribution in [0.3, 0.4) is 0 Å². The first-order valence-electron chi connectivity index (χ1n) is 8.25. The van der Waals surface area contributed by atoms with Gasteiger partial charge in [-0.3, -0.25) is 9.59 Å². The molecule has 0 radical (unpaired) electrons. The van der Waals surface area contributed by atoms with Crippen molar-refractivity contribution in [3.63, 3.8) is 0 Å². The fraction of sp³-hybridized carbons (Fsp3) is 0.300. The second-order valence-electron chi connectivity index (χ2n) is 5.87. The molecule has 1 N–H and O–H groups in total. The van der Waals surface area contributed by atoms with Crippen LogP contribution in [0.25, 0.3) is 0 Å². The van der Waals surface area contributed by atoms with E-state index in [0.29, 0.717) is 17.1 Å². The highest BCUT2D eigenvalue weighted by atomic mass is 79.9. The molecule has 1 atom stereocenters. The molecule has 0 aliphatic rings. The molecule has 0 fully saturated rings. The van der Waals surface area contributed by atoms with Crippen molar-refractivity contribution in [1.82, 2.24) is 5.32 Å². The summed E-state index contributed by atoms with van der Waals surface area (Å²) >= 11 is 3.41. The minimum atomic E-state index is -0.541. The molecule has 0 saturated heterocycles. The maximum atomic E-state index is 12.8. The lowest BCUT2D eigenvalue weighted by Crippen LogP contribution is -2.30. The number of nitrogens with one attached hydrogen (secondary N) is 1. The largest absolute Gasteiger partial charge is 0.496 e. The first-order chi connectivity index (χ1) is 12.9. The average molecular weight is 436 g/mol. The highest BCUT2D eigenvalue weighted by molar-refractivity contribution is 9.10. The molecular weight excluding hydrogens is 414 g/mol. The summed E-state index contributed by atoms with van der Waals surface area (Å²) in [6, 6.07) is 10.1. The van der Waals surface area contributed by atoms with Gasteiger partial charge in [0.15, 0.2) is 0 Å². The Morgan fingerprint density at radius 2 is 1.70 bits per heavy atom. The molecule has 6 nitrogen and oxygen atoms in total. The van der Waals surface area contributed by atoms with E-state index in [2.05, 4.69) is 21.2 Å². The van der Waals surface area contributed by atoms with Gasteiger partial charge in [-0.05, 0) is 36.8 Å². The standard InChI is InChI=1S/C20H22BrNO5/c1-12-17(25-2)9-14(10-18(12)26-3)20(24)22-16(11-19(23)27-4)13-6-5-7-15(21)8-13/h5-10,16H,11H2,1-4H3,(H,22,24). The highest BCUT2D eigenvalue weighted by Gasteiger charge is 2.21. The van der Waals surface area contributed by atoms with Gasteiger partial charge >= 0.3 is 5.97 Å². The Bertz CT molecular complexity index is 812. The van der Waals surface area contributed by atoms with Crippen LogP contribution in [0, 0.1) is 6.92 Å². The van der Waals surface area contributed by atoms with Crippen molar-refractivity contribution in [2.24, 2.45) is 0 Å². The van der Waals surface area contributed by atoms with E-state index >= 15 is 0 Å². The summed E-state index contributed by atoms with van der Waals surface area (Å²) < 4.78 is 16.3. The molecule has 0 aromatic heterocycles. The summed E-state index contributed by atoms with van der Waals surface area (Å²) in [7, 11) is 4.38. The van der Waals surface area contributed by atoms with Gasteiger partial charge in [0.05, 0.1) is 33.8 Å². The smallest absolute Gasteiger partial charge is 0.307 e. The topological polar surface area (TPSA) is 73.9 Å². The lowest BCUT2D eigenvalue weighted by Gasteiger charge is -2.19. The number of rotatable bonds is 7. The van der Waals surface area contributed by atoms with Crippen LogP contribution < -0.4 is 14.8 Å². The molecule has 0 aliphatic carbocycles. The number of benzene rings is 2. The molecule has 2 aromatic rings. The minimum absolute atomic E-state index is 0.0127. The molecule has 0 aliphatic heterocycles. The molecule has 0 heterocycles. The highest BCUT2D eigenvalue weighted by Crippen LogP contribution is 2.30. The molecule has 2 rings (SSSR count). The quantitative estimate of drug-likeness (QED) is 0.669. The van der Waals surface area contributed by atoms with Gasteiger partial charge in [0, 0.05) is 15.6 Å². The second kappa shape index (κ2) is 9.41. The monoisotopic (exact) mass is 435 g/mol. The van der Waals surface area contributed by atoms with Crippen molar-refractivity contribution in [2.75, 3.05) is 21.3 Å². The van der Waals surface area contributed by atoms with Crippen molar-refractivity contribution in [2.45, 2.75) is 19.4 Å². The predicted molar refractivity (Wildman–Crippen MR) is 105 cm³/mol. The van der Waals surface area contributed by atoms with Crippen molar-refractivity contribution >= 4 is 27.8 Å². The first kappa shape index (κ1) is 20.8. The number of halogens is 1. The lowest BCUT2D eigenvalue weighted by molar-refractivity contribution is -0.141. The number of carbonyl (C=O) groups excluding carboxylic acids is 2. The molecule has 7 heteroatoms. The molecule has 1 amide bonds. The van der Waals surface area contributed by atoms with E-state index < -0.39 is 12.0 Å². The Balaban J connectivity index is 2.34. The fourth-order valence-corrected chi connectivity index (χ4v) is 3.10. The van der Waals surface area contributed by atoms with Crippen LogP contribution in [0.2, 0.25) is 0 Å². The van der Waals surface area contributed by atoms with Gasteiger partial charge < -0.3 is 19.5 Å². The Morgan fingerprint density at radius 3 is 2.22 bits per heavy atom. The van der Waals surface area contributed by atoms with E-state index in [0.717, 1.165) is 15.6 Å². The van der Waals surface area contributed by atoms with E-state index in [-0.39, 0.29) is 12.3 Å². The van der Waals surface area contributed by atoms with Gasteiger partial charge in [-0.2, -0.15) is 0 Å². The van der Waals surface area contributed by atoms with Gasteiger partial charge in [0.2, 0.25) is 0 Å². The summed E-state index contributed by atoms with van der Waals surface area (Å²) in [5.74, 6) is 0.331. The zero-order valence-electron chi connectivity index (χ0n) is 15.7. The number of carbonyl (C=O) groups is 2. The van der Waals surface area contributed by atoms with Crippen LogP contribution in [0.1, 0.15) is 33.9 Å². The van der Waals surface area contributed by atoms with Crippen molar-refractivity contribution in [3.8, 4) is 11.5 Å². The van der Waals surface area contributed by atoms with Crippen LogP contribution >= 0.6 is 15.9 Å². The van der Waals surface area contributed by atoms with E-state index in [9.17, 15) is 9.59 Å². The average Bonchev–Trinajstić information content (AvgIpc) is 2.67.